The van der Waals surface area contributed by atoms with E-state index in [1.807, 2.05) is 24.8 Å². The lowest BCUT2D eigenvalue weighted by atomic mass is 10.2. The summed E-state index contributed by atoms with van der Waals surface area (Å²) in [5, 5.41) is 9.00. The Morgan fingerprint density at radius 3 is 2.53 bits per heavy atom. The van der Waals surface area contributed by atoms with Gasteiger partial charge in [-0.1, -0.05) is 12.2 Å². The SMILES string of the molecule is C/C=C/CCCC(=O)N(CC)CC[N+](C)(C)CCO. The molecular formula is C15H31N2O2+. The first kappa shape index (κ1) is 18.1. The minimum Gasteiger partial charge on any atom is -0.391 e. The zero-order valence-electron chi connectivity index (χ0n) is 13.1. The fourth-order valence-corrected chi connectivity index (χ4v) is 1.93. The molecule has 0 aromatic heterocycles. The summed E-state index contributed by atoms with van der Waals surface area (Å²) in [4.78, 5) is 14.0. The van der Waals surface area contributed by atoms with Gasteiger partial charge in [-0.2, -0.15) is 0 Å². The Bertz CT molecular complexity index is 275. The second-order valence-corrected chi connectivity index (χ2v) is 5.54. The fourth-order valence-electron chi connectivity index (χ4n) is 1.93. The molecule has 0 aromatic rings. The maximum atomic E-state index is 12.1. The lowest BCUT2D eigenvalue weighted by molar-refractivity contribution is -0.890. The van der Waals surface area contributed by atoms with E-state index in [4.69, 9.17) is 5.11 Å². The van der Waals surface area contributed by atoms with Crippen molar-refractivity contribution in [3.8, 4) is 0 Å². The minimum atomic E-state index is 0.191. The molecule has 0 aliphatic rings. The number of carbonyl (C=O) groups is 1. The Hall–Kier alpha value is -0.870. The number of unbranched alkanes of at least 4 members (excludes halogenated alkanes) is 1. The Morgan fingerprint density at radius 2 is 2.00 bits per heavy atom. The summed E-state index contributed by atoms with van der Waals surface area (Å²) in [5.41, 5.74) is 0. The van der Waals surface area contributed by atoms with Gasteiger partial charge in [0.05, 0.1) is 33.8 Å². The highest BCUT2D eigenvalue weighted by Gasteiger charge is 2.18. The van der Waals surface area contributed by atoms with Gasteiger partial charge >= 0.3 is 0 Å². The van der Waals surface area contributed by atoms with E-state index in [1.165, 1.54) is 0 Å². The molecule has 4 nitrogen and oxygen atoms in total. The lowest BCUT2D eigenvalue weighted by Gasteiger charge is -2.32. The summed E-state index contributed by atoms with van der Waals surface area (Å²) in [6, 6.07) is 0. The molecule has 0 aromatic carbocycles. The second-order valence-electron chi connectivity index (χ2n) is 5.54. The first-order valence-corrected chi connectivity index (χ1v) is 7.28. The van der Waals surface area contributed by atoms with Gasteiger partial charge in [0.1, 0.15) is 6.54 Å². The van der Waals surface area contributed by atoms with Gasteiger partial charge in [0.25, 0.3) is 0 Å². The molecule has 1 N–H and O–H groups in total. The molecule has 19 heavy (non-hydrogen) atoms. The lowest BCUT2D eigenvalue weighted by Crippen LogP contribution is -2.48. The van der Waals surface area contributed by atoms with Gasteiger partial charge in [-0.15, -0.1) is 0 Å². The highest BCUT2D eigenvalue weighted by atomic mass is 16.3. The summed E-state index contributed by atoms with van der Waals surface area (Å²) in [5.74, 6) is 0.246. The predicted octanol–water partition coefficient (Wildman–Crippen LogP) is 1.65. The second kappa shape index (κ2) is 9.98. The average Bonchev–Trinajstić information content (AvgIpc) is 2.35. The number of nitrogens with zero attached hydrogens (tertiary/aromatic N) is 2. The molecule has 112 valence electrons. The van der Waals surface area contributed by atoms with Crippen molar-refractivity contribution >= 4 is 5.91 Å². The van der Waals surface area contributed by atoms with Crippen LogP contribution in [0.5, 0.6) is 0 Å². The van der Waals surface area contributed by atoms with Gasteiger partial charge in [-0.25, -0.2) is 0 Å². The fraction of sp³-hybridized carbons (Fsp3) is 0.800. The largest absolute Gasteiger partial charge is 0.391 e. The Labute approximate surface area is 118 Å². The van der Waals surface area contributed by atoms with Crippen molar-refractivity contribution in [3.05, 3.63) is 12.2 Å². The van der Waals surface area contributed by atoms with Crippen LogP contribution in [0.1, 0.15) is 33.1 Å². The molecule has 0 spiro atoms. The van der Waals surface area contributed by atoms with Crippen LogP contribution in [-0.2, 0) is 4.79 Å². The number of hydrogen-bond donors (Lipinski definition) is 1. The van der Waals surface area contributed by atoms with Gasteiger partial charge in [0, 0.05) is 13.0 Å². The number of aliphatic hydroxyl groups excluding tert-OH is 1. The molecule has 0 fully saturated rings. The molecule has 0 saturated heterocycles. The quantitative estimate of drug-likeness (QED) is 0.373. The molecular weight excluding hydrogens is 240 g/mol. The van der Waals surface area contributed by atoms with E-state index >= 15 is 0 Å². The first-order chi connectivity index (χ1) is 8.96. The van der Waals surface area contributed by atoms with Crippen molar-refractivity contribution < 1.29 is 14.4 Å². The third-order valence-corrected chi connectivity index (χ3v) is 3.41. The van der Waals surface area contributed by atoms with Crippen LogP contribution in [0, 0.1) is 0 Å². The van der Waals surface area contributed by atoms with Crippen molar-refractivity contribution in [1.29, 1.82) is 0 Å². The van der Waals surface area contributed by atoms with Crippen LogP contribution < -0.4 is 0 Å². The van der Waals surface area contributed by atoms with Crippen molar-refractivity contribution in [1.82, 2.24) is 4.90 Å². The van der Waals surface area contributed by atoms with E-state index in [9.17, 15) is 4.79 Å². The number of allylic oxidation sites excluding steroid dienone is 2. The molecule has 1 amide bonds. The zero-order valence-corrected chi connectivity index (χ0v) is 13.1. The monoisotopic (exact) mass is 271 g/mol. The number of amides is 1. The van der Waals surface area contributed by atoms with Gasteiger partial charge in [0.2, 0.25) is 5.91 Å². The topological polar surface area (TPSA) is 40.5 Å². The Balaban J connectivity index is 4.08. The van der Waals surface area contributed by atoms with E-state index in [0.717, 1.165) is 43.5 Å². The molecule has 0 unspecified atom stereocenters. The molecule has 0 saturated carbocycles. The van der Waals surface area contributed by atoms with E-state index in [0.29, 0.717) is 6.42 Å². The summed E-state index contributed by atoms with van der Waals surface area (Å²) < 4.78 is 0.749. The molecule has 0 rings (SSSR count). The highest BCUT2D eigenvalue weighted by Crippen LogP contribution is 2.04. The molecule has 4 heteroatoms. The predicted molar refractivity (Wildman–Crippen MR) is 79.8 cm³/mol. The minimum absolute atomic E-state index is 0.191. The number of quaternary nitrogens is 1. The summed E-state index contributed by atoms with van der Waals surface area (Å²) in [6.45, 7) is 7.36. The third kappa shape index (κ3) is 8.78. The van der Waals surface area contributed by atoms with Crippen LogP contribution in [0.2, 0.25) is 0 Å². The number of hydrogen-bond acceptors (Lipinski definition) is 2. The van der Waals surface area contributed by atoms with Crippen LogP contribution in [0.4, 0.5) is 0 Å². The van der Waals surface area contributed by atoms with E-state index in [2.05, 4.69) is 20.2 Å². The van der Waals surface area contributed by atoms with Crippen molar-refractivity contribution in [2.45, 2.75) is 33.1 Å². The maximum absolute atomic E-state index is 12.1. The number of aliphatic hydroxyl groups is 1. The number of likely N-dealkylation sites (N-methyl/N-ethyl adjacent to an activating group) is 2. The highest BCUT2D eigenvalue weighted by molar-refractivity contribution is 5.76. The van der Waals surface area contributed by atoms with Crippen molar-refractivity contribution in [3.63, 3.8) is 0 Å². The summed E-state index contributed by atoms with van der Waals surface area (Å²) in [7, 11) is 4.17. The average molecular weight is 271 g/mol. The maximum Gasteiger partial charge on any atom is 0.222 e. The van der Waals surface area contributed by atoms with Gasteiger partial charge < -0.3 is 14.5 Å². The zero-order chi connectivity index (χ0) is 14.7. The van der Waals surface area contributed by atoms with Gasteiger partial charge in [-0.05, 0) is 26.7 Å². The van der Waals surface area contributed by atoms with E-state index < -0.39 is 0 Å². The van der Waals surface area contributed by atoms with Crippen molar-refractivity contribution in [2.24, 2.45) is 0 Å². The van der Waals surface area contributed by atoms with Crippen LogP contribution in [0.3, 0.4) is 0 Å². The standard InChI is InChI=1S/C15H31N2O2/c1-5-7-8-9-10-15(19)16(6-2)11-12-17(3,4)13-14-18/h5,7,18H,6,8-14H2,1-4H3/q+1/b7-5+. The summed E-state index contributed by atoms with van der Waals surface area (Å²) >= 11 is 0. The van der Waals surface area contributed by atoms with Gasteiger partial charge in [0.15, 0.2) is 0 Å². The number of rotatable bonds is 10. The first-order valence-electron chi connectivity index (χ1n) is 7.28. The molecule has 0 bridgehead atoms. The Morgan fingerprint density at radius 1 is 1.32 bits per heavy atom. The van der Waals surface area contributed by atoms with E-state index in [1.54, 1.807) is 0 Å². The Kier molecular flexibility index (Phi) is 9.53. The van der Waals surface area contributed by atoms with Crippen molar-refractivity contribution in [2.75, 3.05) is 46.9 Å². The van der Waals surface area contributed by atoms with E-state index in [-0.39, 0.29) is 12.5 Å². The van der Waals surface area contributed by atoms with Crippen LogP contribution >= 0.6 is 0 Å². The molecule has 0 heterocycles. The molecule has 0 atom stereocenters. The number of carbonyl (C=O) groups excluding carboxylic acids is 1. The summed E-state index contributed by atoms with van der Waals surface area (Å²) in [6.07, 6.45) is 6.66. The van der Waals surface area contributed by atoms with Crippen LogP contribution in [0.25, 0.3) is 0 Å². The third-order valence-electron chi connectivity index (χ3n) is 3.41. The normalized spacial score (nSPS) is 12.1. The molecule has 0 aliphatic carbocycles. The van der Waals surface area contributed by atoms with Crippen LogP contribution in [-0.4, -0.2) is 67.3 Å². The van der Waals surface area contributed by atoms with Crippen LogP contribution in [0.15, 0.2) is 12.2 Å². The van der Waals surface area contributed by atoms with Gasteiger partial charge in [-0.3, -0.25) is 4.79 Å². The smallest absolute Gasteiger partial charge is 0.222 e. The molecule has 0 radical (unpaired) electrons. The molecule has 0 aliphatic heterocycles.